The minimum absolute atomic E-state index is 0.312. The number of carbonyl (C=O) groups is 2. The maximum absolute atomic E-state index is 10.7. The number of carbonyl (C=O) groups excluding carboxylic acids is 1. The molecule has 0 aliphatic heterocycles. The van der Waals surface area contributed by atoms with Gasteiger partial charge in [-0.15, -0.1) is 0 Å². The fraction of sp³-hybridized carbons (Fsp3) is 0.467. The summed E-state index contributed by atoms with van der Waals surface area (Å²) in [6, 6.07) is 7.23. The molecule has 6 heteroatoms. The van der Waals surface area contributed by atoms with Crippen LogP contribution in [0.25, 0.3) is 0 Å². The second kappa shape index (κ2) is 9.23. The zero-order chi connectivity index (χ0) is 16.5. The lowest BCUT2D eigenvalue weighted by Gasteiger charge is -2.24. The summed E-state index contributed by atoms with van der Waals surface area (Å²) in [6.07, 6.45) is 1.17. The molecule has 5 nitrogen and oxygen atoms in total. The number of aliphatic carboxylic acids is 1. The van der Waals surface area contributed by atoms with E-state index in [1.165, 1.54) is 13.8 Å². The quantitative estimate of drug-likeness (QED) is 0.875. The fourth-order valence-electron chi connectivity index (χ4n) is 1.68. The van der Waals surface area contributed by atoms with Gasteiger partial charge >= 0.3 is 5.97 Å². The van der Waals surface area contributed by atoms with Gasteiger partial charge < -0.3 is 15.2 Å². The van der Waals surface area contributed by atoms with E-state index in [4.69, 9.17) is 21.4 Å². The number of hydrogen-bond donors (Lipinski definition) is 2. The maximum atomic E-state index is 10.7. The summed E-state index contributed by atoms with van der Waals surface area (Å²) < 4.78 is 4.91. The minimum Gasteiger partial charge on any atom is -0.497 e. The zero-order valence-electron chi connectivity index (χ0n) is 12.8. The summed E-state index contributed by atoms with van der Waals surface area (Å²) in [5.74, 6) is -0.465. The van der Waals surface area contributed by atoms with E-state index in [9.17, 15) is 9.59 Å². The Labute approximate surface area is 130 Å². The van der Waals surface area contributed by atoms with Gasteiger partial charge in [0.2, 0.25) is 5.91 Å². The van der Waals surface area contributed by atoms with Crippen LogP contribution in [0.2, 0.25) is 5.02 Å². The number of methoxy groups -OCH3 is 1. The molecule has 21 heavy (non-hydrogen) atoms. The van der Waals surface area contributed by atoms with Crippen LogP contribution in [0, 0.1) is 0 Å². The largest absolute Gasteiger partial charge is 0.497 e. The van der Waals surface area contributed by atoms with Gasteiger partial charge in [-0.1, -0.05) is 24.9 Å². The van der Waals surface area contributed by atoms with Gasteiger partial charge in [-0.2, -0.15) is 0 Å². The Morgan fingerprint density at radius 2 is 1.86 bits per heavy atom. The third-order valence-corrected chi connectivity index (χ3v) is 2.98. The molecule has 0 aliphatic rings. The van der Waals surface area contributed by atoms with E-state index < -0.39 is 11.5 Å². The van der Waals surface area contributed by atoms with Crippen LogP contribution in [0.4, 0.5) is 0 Å². The van der Waals surface area contributed by atoms with E-state index in [1.807, 2.05) is 19.1 Å². The van der Waals surface area contributed by atoms with Crippen LogP contribution in [-0.4, -0.2) is 29.6 Å². The standard InChI is InChI=1S/C8H15NO3.C7H7ClO/c1-4-5-8(3,7(11)12)9-6(2)10;1-9-7-4-2-6(8)3-5-7/h4-5H2,1-3H3,(H,9,10)(H,11,12);2-5H,1H3. The van der Waals surface area contributed by atoms with Crippen molar-refractivity contribution in [1.82, 2.24) is 5.32 Å². The molecule has 0 fully saturated rings. The molecule has 1 amide bonds. The Balaban J connectivity index is 0.000000394. The van der Waals surface area contributed by atoms with Gasteiger partial charge in [-0.05, 0) is 37.6 Å². The van der Waals surface area contributed by atoms with Crippen LogP contribution in [0.3, 0.4) is 0 Å². The highest BCUT2D eigenvalue weighted by molar-refractivity contribution is 6.30. The second-order valence-corrected chi connectivity index (χ2v) is 5.16. The first kappa shape index (κ1) is 19.2. The van der Waals surface area contributed by atoms with Crippen LogP contribution in [0.1, 0.15) is 33.6 Å². The number of carboxylic acids is 1. The van der Waals surface area contributed by atoms with E-state index in [0.29, 0.717) is 6.42 Å². The Morgan fingerprint density at radius 1 is 1.33 bits per heavy atom. The molecule has 0 saturated heterocycles. The number of halogens is 1. The molecule has 0 radical (unpaired) electrons. The van der Waals surface area contributed by atoms with Crippen molar-refractivity contribution < 1.29 is 19.4 Å². The van der Waals surface area contributed by atoms with Gasteiger partial charge in [-0.3, -0.25) is 4.79 Å². The molecule has 0 saturated carbocycles. The average molecular weight is 316 g/mol. The Kier molecular flexibility index (Phi) is 8.47. The van der Waals surface area contributed by atoms with Gasteiger partial charge in [0, 0.05) is 11.9 Å². The second-order valence-electron chi connectivity index (χ2n) is 4.73. The van der Waals surface area contributed by atoms with Crippen LogP contribution >= 0.6 is 11.6 Å². The van der Waals surface area contributed by atoms with Crippen LogP contribution in [0.15, 0.2) is 24.3 Å². The summed E-state index contributed by atoms with van der Waals surface area (Å²) in [5, 5.41) is 11.9. The van der Waals surface area contributed by atoms with Crippen LogP contribution < -0.4 is 10.1 Å². The van der Waals surface area contributed by atoms with Crippen molar-refractivity contribution >= 4 is 23.5 Å². The molecule has 1 rings (SSSR count). The highest BCUT2D eigenvalue weighted by Crippen LogP contribution is 2.14. The van der Waals surface area contributed by atoms with E-state index in [-0.39, 0.29) is 5.91 Å². The molecule has 1 unspecified atom stereocenters. The molecule has 1 atom stereocenters. The Bertz CT molecular complexity index is 461. The average Bonchev–Trinajstić information content (AvgIpc) is 2.39. The Hall–Kier alpha value is -1.75. The summed E-state index contributed by atoms with van der Waals surface area (Å²) >= 11 is 5.61. The van der Waals surface area contributed by atoms with Crippen molar-refractivity contribution in [3.63, 3.8) is 0 Å². The molecular weight excluding hydrogens is 294 g/mol. The molecule has 118 valence electrons. The number of carboxylic acid groups (broad SMARTS) is 1. The molecule has 0 aliphatic carbocycles. The van der Waals surface area contributed by atoms with Crippen molar-refractivity contribution in [1.29, 1.82) is 0 Å². The van der Waals surface area contributed by atoms with Crippen molar-refractivity contribution in [2.75, 3.05) is 7.11 Å². The normalized spacial score (nSPS) is 12.4. The predicted octanol–water partition coefficient (Wildman–Crippen LogP) is 3.11. The molecule has 0 aromatic heterocycles. The van der Waals surface area contributed by atoms with E-state index >= 15 is 0 Å². The van der Waals surface area contributed by atoms with Crippen LogP contribution in [-0.2, 0) is 9.59 Å². The summed E-state index contributed by atoms with van der Waals surface area (Å²) in [5.41, 5.74) is -1.11. The van der Waals surface area contributed by atoms with E-state index in [0.717, 1.165) is 17.2 Å². The number of benzene rings is 1. The topological polar surface area (TPSA) is 75.6 Å². The van der Waals surface area contributed by atoms with E-state index in [2.05, 4.69) is 5.32 Å². The first-order chi connectivity index (χ1) is 9.75. The monoisotopic (exact) mass is 315 g/mol. The van der Waals surface area contributed by atoms with Crippen molar-refractivity contribution in [3.05, 3.63) is 29.3 Å². The summed E-state index contributed by atoms with van der Waals surface area (Å²) in [7, 11) is 1.63. The molecular formula is C15H22ClNO4. The number of amides is 1. The number of hydrogen-bond acceptors (Lipinski definition) is 3. The SMILES string of the molecule is CCCC(C)(NC(C)=O)C(=O)O.COc1ccc(Cl)cc1. The van der Waals surface area contributed by atoms with Gasteiger partial charge in [0.05, 0.1) is 7.11 Å². The van der Waals surface area contributed by atoms with Crippen molar-refractivity contribution in [2.24, 2.45) is 0 Å². The molecule has 1 aromatic carbocycles. The van der Waals surface area contributed by atoms with E-state index in [1.54, 1.807) is 19.2 Å². The molecule has 2 N–H and O–H groups in total. The number of rotatable bonds is 5. The first-order valence-corrected chi connectivity index (χ1v) is 6.94. The maximum Gasteiger partial charge on any atom is 0.329 e. The number of nitrogens with one attached hydrogen (secondary N) is 1. The highest BCUT2D eigenvalue weighted by atomic mass is 35.5. The lowest BCUT2D eigenvalue weighted by Crippen LogP contribution is -2.51. The van der Waals surface area contributed by atoms with Crippen LogP contribution in [0.5, 0.6) is 5.75 Å². The lowest BCUT2D eigenvalue weighted by molar-refractivity contribution is -0.146. The Morgan fingerprint density at radius 3 is 2.19 bits per heavy atom. The predicted molar refractivity (Wildman–Crippen MR) is 82.8 cm³/mol. The van der Waals surface area contributed by atoms with Crippen molar-refractivity contribution in [2.45, 2.75) is 39.2 Å². The minimum atomic E-state index is -1.11. The molecule has 0 bridgehead atoms. The van der Waals surface area contributed by atoms with Gasteiger partial charge in [0.1, 0.15) is 11.3 Å². The number of ether oxygens (including phenoxy) is 1. The lowest BCUT2D eigenvalue weighted by atomic mass is 9.96. The van der Waals surface area contributed by atoms with Gasteiger partial charge in [0.15, 0.2) is 0 Å². The highest BCUT2D eigenvalue weighted by Gasteiger charge is 2.32. The summed E-state index contributed by atoms with van der Waals surface area (Å²) in [6.45, 7) is 4.71. The summed E-state index contributed by atoms with van der Waals surface area (Å²) in [4.78, 5) is 21.4. The fourth-order valence-corrected chi connectivity index (χ4v) is 1.81. The first-order valence-electron chi connectivity index (χ1n) is 6.57. The molecule has 0 heterocycles. The molecule has 0 spiro atoms. The van der Waals surface area contributed by atoms with Crippen molar-refractivity contribution in [3.8, 4) is 5.75 Å². The van der Waals surface area contributed by atoms with Gasteiger partial charge in [-0.25, -0.2) is 4.79 Å². The smallest absolute Gasteiger partial charge is 0.329 e. The third-order valence-electron chi connectivity index (χ3n) is 2.72. The third kappa shape index (κ3) is 7.56. The van der Waals surface area contributed by atoms with Gasteiger partial charge in [0.25, 0.3) is 0 Å². The molecule has 1 aromatic rings. The zero-order valence-corrected chi connectivity index (χ0v) is 13.5.